The summed E-state index contributed by atoms with van der Waals surface area (Å²) in [5.41, 5.74) is 4.05. The summed E-state index contributed by atoms with van der Waals surface area (Å²) in [6.45, 7) is 1.90. The molecular formula is C18H18N4O2S. The van der Waals surface area contributed by atoms with Gasteiger partial charge in [0.15, 0.2) is 5.16 Å². The third-order valence-corrected chi connectivity index (χ3v) is 5.37. The quantitative estimate of drug-likeness (QED) is 0.418. The Bertz CT molecular complexity index is 949. The second-order valence-corrected chi connectivity index (χ2v) is 7.13. The molecule has 1 amide bonds. The number of hydroxylamine groups is 1. The molecule has 1 aliphatic rings. The highest BCUT2D eigenvalue weighted by molar-refractivity contribution is 7.99. The van der Waals surface area contributed by atoms with Crippen molar-refractivity contribution in [2.75, 3.05) is 5.75 Å². The molecule has 2 N–H and O–H groups in total. The van der Waals surface area contributed by atoms with Gasteiger partial charge in [0.1, 0.15) is 5.82 Å². The van der Waals surface area contributed by atoms with Gasteiger partial charge < -0.3 is 0 Å². The Labute approximate surface area is 149 Å². The second kappa shape index (κ2) is 6.50. The van der Waals surface area contributed by atoms with Crippen molar-refractivity contribution in [3.63, 3.8) is 0 Å². The standard InChI is InChI=1S/C18H18N4O2S/c1-11-19-20-18(25-10-17(23)21-24)22(11)16-9-8-13(12-6-7-12)14-4-2-3-5-15(14)16/h2-5,8-9,12,24H,6-7,10H2,1H3,(H,21,23). The molecule has 2 aromatic carbocycles. The van der Waals surface area contributed by atoms with Gasteiger partial charge in [-0.2, -0.15) is 0 Å². The molecular weight excluding hydrogens is 336 g/mol. The summed E-state index contributed by atoms with van der Waals surface area (Å²) in [6, 6.07) is 12.7. The minimum atomic E-state index is -0.467. The van der Waals surface area contributed by atoms with Gasteiger partial charge in [-0.25, -0.2) is 5.48 Å². The Morgan fingerprint density at radius 2 is 2.00 bits per heavy atom. The first kappa shape index (κ1) is 16.1. The van der Waals surface area contributed by atoms with Crippen molar-refractivity contribution in [3.05, 3.63) is 47.8 Å². The molecule has 1 heterocycles. The van der Waals surface area contributed by atoms with E-state index in [0.29, 0.717) is 11.1 Å². The molecule has 0 bridgehead atoms. The molecule has 6 nitrogen and oxygen atoms in total. The highest BCUT2D eigenvalue weighted by Gasteiger charge is 2.26. The zero-order valence-corrected chi connectivity index (χ0v) is 14.6. The van der Waals surface area contributed by atoms with Gasteiger partial charge in [-0.15, -0.1) is 10.2 Å². The number of aryl methyl sites for hydroxylation is 1. The van der Waals surface area contributed by atoms with Crippen molar-refractivity contribution in [2.24, 2.45) is 0 Å². The molecule has 4 rings (SSSR count). The first-order valence-electron chi connectivity index (χ1n) is 8.19. The van der Waals surface area contributed by atoms with E-state index < -0.39 is 5.91 Å². The van der Waals surface area contributed by atoms with E-state index in [0.717, 1.165) is 16.9 Å². The van der Waals surface area contributed by atoms with Gasteiger partial charge in [-0.3, -0.25) is 14.6 Å². The predicted molar refractivity (Wildman–Crippen MR) is 96.2 cm³/mol. The molecule has 1 aliphatic carbocycles. The monoisotopic (exact) mass is 354 g/mol. The van der Waals surface area contributed by atoms with Crippen LogP contribution in [0.3, 0.4) is 0 Å². The lowest BCUT2D eigenvalue weighted by Crippen LogP contribution is -2.20. The van der Waals surface area contributed by atoms with Crippen LogP contribution in [0.2, 0.25) is 0 Å². The number of carbonyl (C=O) groups is 1. The molecule has 1 aromatic heterocycles. The predicted octanol–water partition coefficient (Wildman–Crippen LogP) is 3.20. The molecule has 0 saturated heterocycles. The van der Waals surface area contributed by atoms with Crippen LogP contribution in [0.5, 0.6) is 0 Å². The lowest BCUT2D eigenvalue weighted by Gasteiger charge is -2.14. The Balaban J connectivity index is 1.81. The number of thioether (sulfide) groups is 1. The lowest BCUT2D eigenvalue weighted by atomic mass is 9.99. The summed E-state index contributed by atoms with van der Waals surface area (Å²) in [7, 11) is 0. The van der Waals surface area contributed by atoms with Gasteiger partial charge in [-0.05, 0) is 42.7 Å². The van der Waals surface area contributed by atoms with Gasteiger partial charge >= 0.3 is 0 Å². The second-order valence-electron chi connectivity index (χ2n) is 6.18. The lowest BCUT2D eigenvalue weighted by molar-refractivity contribution is -0.126. The smallest absolute Gasteiger partial charge is 0.253 e. The van der Waals surface area contributed by atoms with Crippen molar-refractivity contribution in [1.29, 1.82) is 0 Å². The molecule has 128 valence electrons. The van der Waals surface area contributed by atoms with Crippen LogP contribution in [-0.4, -0.2) is 31.6 Å². The largest absolute Gasteiger partial charge is 0.289 e. The fourth-order valence-corrected chi connectivity index (χ4v) is 3.91. The van der Waals surface area contributed by atoms with E-state index in [-0.39, 0.29) is 5.75 Å². The molecule has 1 saturated carbocycles. The Morgan fingerprint density at radius 1 is 1.24 bits per heavy atom. The van der Waals surface area contributed by atoms with Crippen molar-refractivity contribution in [2.45, 2.75) is 30.8 Å². The van der Waals surface area contributed by atoms with Gasteiger partial charge in [0.05, 0.1) is 11.4 Å². The van der Waals surface area contributed by atoms with Crippen LogP contribution in [-0.2, 0) is 4.79 Å². The van der Waals surface area contributed by atoms with Gasteiger partial charge in [-0.1, -0.05) is 42.1 Å². The Kier molecular flexibility index (Phi) is 4.19. The molecule has 7 heteroatoms. The zero-order chi connectivity index (χ0) is 17.4. The summed E-state index contributed by atoms with van der Waals surface area (Å²) in [5.74, 6) is 1.04. The minimum Gasteiger partial charge on any atom is -0.289 e. The molecule has 0 atom stereocenters. The van der Waals surface area contributed by atoms with E-state index in [4.69, 9.17) is 5.21 Å². The normalized spacial score (nSPS) is 14.0. The highest BCUT2D eigenvalue weighted by atomic mass is 32.2. The highest BCUT2D eigenvalue weighted by Crippen LogP contribution is 2.44. The molecule has 0 spiro atoms. The maximum atomic E-state index is 11.3. The minimum absolute atomic E-state index is 0.0761. The molecule has 0 unspecified atom stereocenters. The number of fused-ring (bicyclic) bond motifs is 1. The number of hydrogen-bond acceptors (Lipinski definition) is 5. The van der Waals surface area contributed by atoms with E-state index >= 15 is 0 Å². The maximum Gasteiger partial charge on any atom is 0.253 e. The van der Waals surface area contributed by atoms with Crippen LogP contribution in [0.4, 0.5) is 0 Å². The maximum absolute atomic E-state index is 11.3. The van der Waals surface area contributed by atoms with E-state index in [1.807, 2.05) is 17.6 Å². The van der Waals surface area contributed by atoms with Crippen LogP contribution < -0.4 is 5.48 Å². The number of hydrogen-bond donors (Lipinski definition) is 2. The summed E-state index contributed by atoms with van der Waals surface area (Å²) in [5, 5.41) is 20.1. The molecule has 25 heavy (non-hydrogen) atoms. The summed E-state index contributed by atoms with van der Waals surface area (Å²) in [6.07, 6.45) is 2.51. The summed E-state index contributed by atoms with van der Waals surface area (Å²) < 4.78 is 1.97. The van der Waals surface area contributed by atoms with Crippen molar-refractivity contribution < 1.29 is 10.0 Å². The number of rotatable bonds is 5. The van der Waals surface area contributed by atoms with E-state index in [1.54, 1.807) is 5.48 Å². The van der Waals surface area contributed by atoms with Crippen LogP contribution >= 0.6 is 11.8 Å². The SMILES string of the molecule is Cc1nnc(SCC(=O)NO)n1-c1ccc(C2CC2)c2ccccc12. The number of aromatic nitrogens is 3. The van der Waals surface area contributed by atoms with Gasteiger partial charge in [0, 0.05) is 5.39 Å². The van der Waals surface area contributed by atoms with Crippen LogP contribution in [0.1, 0.15) is 30.1 Å². The van der Waals surface area contributed by atoms with Crippen molar-refractivity contribution in [3.8, 4) is 5.69 Å². The molecule has 1 fully saturated rings. The van der Waals surface area contributed by atoms with E-state index in [2.05, 4.69) is 40.5 Å². The fourth-order valence-electron chi connectivity index (χ4n) is 3.13. The number of amides is 1. The van der Waals surface area contributed by atoms with Crippen LogP contribution in [0.25, 0.3) is 16.5 Å². The van der Waals surface area contributed by atoms with Crippen molar-refractivity contribution >= 4 is 28.4 Å². The Hall–Kier alpha value is -2.38. The first-order valence-corrected chi connectivity index (χ1v) is 9.17. The average Bonchev–Trinajstić information content (AvgIpc) is 3.42. The zero-order valence-electron chi connectivity index (χ0n) is 13.8. The van der Waals surface area contributed by atoms with Gasteiger partial charge in [0.2, 0.25) is 0 Å². The third kappa shape index (κ3) is 3.01. The Morgan fingerprint density at radius 3 is 2.72 bits per heavy atom. The van der Waals surface area contributed by atoms with E-state index in [9.17, 15) is 4.79 Å². The van der Waals surface area contributed by atoms with Crippen LogP contribution in [0.15, 0.2) is 41.6 Å². The summed E-state index contributed by atoms with van der Waals surface area (Å²) >= 11 is 1.24. The van der Waals surface area contributed by atoms with Crippen molar-refractivity contribution in [1.82, 2.24) is 20.2 Å². The third-order valence-electron chi connectivity index (χ3n) is 4.45. The number of nitrogens with one attached hydrogen (secondary N) is 1. The number of nitrogens with zero attached hydrogens (tertiary/aromatic N) is 3. The topological polar surface area (TPSA) is 80.0 Å². The molecule has 3 aromatic rings. The fraction of sp³-hybridized carbons (Fsp3) is 0.278. The molecule has 0 radical (unpaired) electrons. The first-order chi connectivity index (χ1) is 12.2. The van der Waals surface area contributed by atoms with E-state index in [1.165, 1.54) is 35.6 Å². The summed E-state index contributed by atoms with van der Waals surface area (Å²) in [4.78, 5) is 11.3. The number of benzene rings is 2. The average molecular weight is 354 g/mol. The van der Waals surface area contributed by atoms with Crippen LogP contribution in [0, 0.1) is 6.92 Å². The number of carbonyl (C=O) groups excluding carboxylic acids is 1. The van der Waals surface area contributed by atoms with Gasteiger partial charge in [0.25, 0.3) is 5.91 Å². The molecule has 0 aliphatic heterocycles.